The van der Waals surface area contributed by atoms with Gasteiger partial charge >= 0.3 is 0 Å². The number of rotatable bonds is 5. The summed E-state index contributed by atoms with van der Waals surface area (Å²) in [5, 5.41) is 10.4. The average Bonchev–Trinajstić information content (AvgIpc) is 2.62. The molecule has 1 atom stereocenters. The molecule has 0 aliphatic carbocycles. The Morgan fingerprint density at radius 1 is 1.00 bits per heavy atom. The van der Waals surface area contributed by atoms with Crippen molar-refractivity contribution in [3.8, 4) is 0 Å². The maximum absolute atomic E-state index is 12.9. The first kappa shape index (κ1) is 19.0. The molecule has 2 aromatic carbocycles. The third-order valence-corrected chi connectivity index (χ3v) is 6.95. The molecule has 1 aliphatic heterocycles. The fourth-order valence-corrected chi connectivity index (χ4v) is 5.03. The summed E-state index contributed by atoms with van der Waals surface area (Å²) in [5.74, 6) is 0. The van der Waals surface area contributed by atoms with E-state index in [0.717, 1.165) is 16.7 Å². The van der Waals surface area contributed by atoms with Gasteiger partial charge in [-0.05, 0) is 31.0 Å². The van der Waals surface area contributed by atoms with Crippen LogP contribution in [0.15, 0.2) is 53.4 Å². The molecule has 1 fully saturated rings. The molecular formula is C20H26N2O3S. The van der Waals surface area contributed by atoms with Crippen molar-refractivity contribution in [1.82, 2.24) is 9.21 Å². The van der Waals surface area contributed by atoms with Crippen LogP contribution in [0.5, 0.6) is 0 Å². The van der Waals surface area contributed by atoms with Crippen LogP contribution in [0.1, 0.15) is 22.8 Å². The molecule has 2 aromatic rings. The van der Waals surface area contributed by atoms with Gasteiger partial charge in [0.25, 0.3) is 0 Å². The molecule has 3 rings (SSSR count). The van der Waals surface area contributed by atoms with Gasteiger partial charge in [0.1, 0.15) is 0 Å². The fourth-order valence-electron chi connectivity index (χ4n) is 3.41. The molecule has 1 aliphatic rings. The first-order valence-electron chi connectivity index (χ1n) is 8.91. The first-order chi connectivity index (χ1) is 12.4. The highest BCUT2D eigenvalue weighted by Gasteiger charge is 2.30. The first-order valence-corrected chi connectivity index (χ1v) is 10.3. The number of piperazine rings is 1. The highest BCUT2D eigenvalue weighted by atomic mass is 32.2. The van der Waals surface area contributed by atoms with E-state index in [2.05, 4.69) is 4.90 Å². The van der Waals surface area contributed by atoms with E-state index in [1.807, 2.05) is 56.3 Å². The molecule has 0 spiro atoms. The normalized spacial score (nSPS) is 18.0. The zero-order valence-corrected chi connectivity index (χ0v) is 16.1. The van der Waals surface area contributed by atoms with Gasteiger partial charge in [-0.3, -0.25) is 4.90 Å². The summed E-state index contributed by atoms with van der Waals surface area (Å²) >= 11 is 0. The Kier molecular flexibility index (Phi) is 5.77. The van der Waals surface area contributed by atoms with Crippen molar-refractivity contribution in [1.29, 1.82) is 0 Å². The highest BCUT2D eigenvalue weighted by Crippen LogP contribution is 2.23. The maximum atomic E-state index is 12.9. The fraction of sp³-hybridized carbons (Fsp3) is 0.400. The van der Waals surface area contributed by atoms with Crippen LogP contribution in [0, 0.1) is 13.8 Å². The number of aryl methyl sites for hydroxylation is 2. The van der Waals surface area contributed by atoms with Gasteiger partial charge in [0.2, 0.25) is 10.0 Å². The second-order valence-corrected chi connectivity index (χ2v) is 8.81. The van der Waals surface area contributed by atoms with Gasteiger partial charge in [0.15, 0.2) is 0 Å². The molecule has 0 aromatic heterocycles. The molecule has 140 valence electrons. The summed E-state index contributed by atoms with van der Waals surface area (Å²) in [6.07, 6.45) is -0.557. The van der Waals surface area contributed by atoms with Crippen molar-refractivity contribution in [2.45, 2.75) is 24.8 Å². The Bertz CT molecular complexity index is 845. The van der Waals surface area contributed by atoms with Crippen molar-refractivity contribution in [2.24, 2.45) is 0 Å². The minimum absolute atomic E-state index is 0.390. The molecule has 1 N–H and O–H groups in total. The Hall–Kier alpha value is -1.73. The Morgan fingerprint density at radius 2 is 1.65 bits per heavy atom. The molecule has 1 unspecified atom stereocenters. The smallest absolute Gasteiger partial charge is 0.243 e. The number of sulfonamides is 1. The van der Waals surface area contributed by atoms with Crippen molar-refractivity contribution < 1.29 is 13.5 Å². The van der Waals surface area contributed by atoms with Gasteiger partial charge in [-0.2, -0.15) is 4.31 Å². The van der Waals surface area contributed by atoms with Crippen LogP contribution in [0.3, 0.4) is 0 Å². The highest BCUT2D eigenvalue weighted by molar-refractivity contribution is 7.89. The molecule has 0 saturated carbocycles. The standard InChI is InChI=1S/C20H26N2O3S/c1-16-8-9-20(17(2)14-16)26(24,25)22-12-10-21(11-13-22)15-19(23)18-6-4-3-5-7-18/h3-9,14,19,23H,10-13,15H2,1-2H3. The molecule has 6 heteroatoms. The van der Waals surface area contributed by atoms with Crippen LogP contribution < -0.4 is 0 Å². The van der Waals surface area contributed by atoms with Crippen LogP contribution in [0.2, 0.25) is 0 Å². The SMILES string of the molecule is Cc1ccc(S(=O)(=O)N2CCN(CC(O)c3ccccc3)CC2)c(C)c1. The van der Waals surface area contributed by atoms with Crippen LogP contribution in [-0.2, 0) is 10.0 Å². The quantitative estimate of drug-likeness (QED) is 0.873. The van der Waals surface area contributed by atoms with Crippen molar-refractivity contribution >= 4 is 10.0 Å². The van der Waals surface area contributed by atoms with Crippen LogP contribution in [0.25, 0.3) is 0 Å². The van der Waals surface area contributed by atoms with E-state index in [-0.39, 0.29) is 0 Å². The summed E-state index contributed by atoms with van der Waals surface area (Å²) in [4.78, 5) is 2.51. The van der Waals surface area contributed by atoms with E-state index in [1.54, 1.807) is 10.4 Å². The number of hydrogen-bond donors (Lipinski definition) is 1. The van der Waals surface area contributed by atoms with Gasteiger partial charge < -0.3 is 5.11 Å². The number of β-amino-alcohol motifs (C(OH)–C–C–N with tert-alkyl or cyclic N) is 1. The molecule has 5 nitrogen and oxygen atoms in total. The van der Waals surface area contributed by atoms with E-state index in [9.17, 15) is 13.5 Å². The molecule has 0 bridgehead atoms. The monoisotopic (exact) mass is 374 g/mol. The second-order valence-electron chi connectivity index (χ2n) is 6.90. The third kappa shape index (κ3) is 4.15. The van der Waals surface area contributed by atoms with Gasteiger partial charge in [-0.25, -0.2) is 8.42 Å². The van der Waals surface area contributed by atoms with Gasteiger partial charge in [0.05, 0.1) is 11.0 Å². The Morgan fingerprint density at radius 3 is 2.27 bits per heavy atom. The number of hydrogen-bond acceptors (Lipinski definition) is 4. The minimum atomic E-state index is -3.47. The number of nitrogens with zero attached hydrogens (tertiary/aromatic N) is 2. The third-order valence-electron chi connectivity index (χ3n) is 4.89. The van der Waals surface area contributed by atoms with E-state index in [4.69, 9.17) is 0 Å². The largest absolute Gasteiger partial charge is 0.387 e. The van der Waals surface area contributed by atoms with Crippen LogP contribution >= 0.6 is 0 Å². The second kappa shape index (κ2) is 7.88. The summed E-state index contributed by atoms with van der Waals surface area (Å²) in [5.41, 5.74) is 2.73. The zero-order valence-electron chi connectivity index (χ0n) is 15.3. The number of aliphatic hydroxyl groups is 1. The number of benzene rings is 2. The van der Waals surface area contributed by atoms with Gasteiger partial charge in [-0.15, -0.1) is 0 Å². The summed E-state index contributed by atoms with van der Waals surface area (Å²) in [7, 11) is -3.47. The summed E-state index contributed by atoms with van der Waals surface area (Å²) in [6.45, 7) is 6.43. The van der Waals surface area contributed by atoms with Crippen molar-refractivity contribution in [2.75, 3.05) is 32.7 Å². The van der Waals surface area contributed by atoms with E-state index < -0.39 is 16.1 Å². The molecule has 1 saturated heterocycles. The molecule has 26 heavy (non-hydrogen) atoms. The van der Waals surface area contributed by atoms with E-state index in [1.165, 1.54) is 0 Å². The zero-order chi connectivity index (χ0) is 18.7. The summed E-state index contributed by atoms with van der Waals surface area (Å²) < 4.78 is 27.4. The minimum Gasteiger partial charge on any atom is -0.387 e. The lowest BCUT2D eigenvalue weighted by atomic mass is 10.1. The van der Waals surface area contributed by atoms with Crippen molar-refractivity contribution in [3.63, 3.8) is 0 Å². The van der Waals surface area contributed by atoms with E-state index >= 15 is 0 Å². The lowest BCUT2D eigenvalue weighted by molar-refractivity contribution is 0.0921. The lowest BCUT2D eigenvalue weighted by Gasteiger charge is -2.35. The van der Waals surface area contributed by atoms with E-state index in [0.29, 0.717) is 37.6 Å². The molecule has 0 radical (unpaired) electrons. The van der Waals surface area contributed by atoms with Gasteiger partial charge in [0, 0.05) is 32.7 Å². The van der Waals surface area contributed by atoms with Crippen LogP contribution in [0.4, 0.5) is 0 Å². The topological polar surface area (TPSA) is 60.9 Å². The Labute approximate surface area is 155 Å². The molecule has 1 heterocycles. The Balaban J connectivity index is 1.63. The predicted octanol–water partition coefficient (Wildman–Crippen LogP) is 2.34. The molecular weight excluding hydrogens is 348 g/mol. The maximum Gasteiger partial charge on any atom is 0.243 e. The average molecular weight is 375 g/mol. The lowest BCUT2D eigenvalue weighted by Crippen LogP contribution is -2.49. The molecule has 0 amide bonds. The number of aliphatic hydroxyl groups excluding tert-OH is 1. The van der Waals surface area contributed by atoms with Gasteiger partial charge in [-0.1, -0.05) is 48.0 Å². The summed E-state index contributed by atoms with van der Waals surface area (Å²) in [6, 6.07) is 15.0. The van der Waals surface area contributed by atoms with Crippen LogP contribution in [-0.4, -0.2) is 55.5 Å². The van der Waals surface area contributed by atoms with Crippen molar-refractivity contribution in [3.05, 3.63) is 65.2 Å². The predicted molar refractivity (Wildman–Crippen MR) is 103 cm³/mol.